The number of rotatable bonds is 5. The summed E-state index contributed by atoms with van der Waals surface area (Å²) in [6.07, 6.45) is 3.13. The van der Waals surface area contributed by atoms with Gasteiger partial charge >= 0.3 is 6.16 Å². The van der Waals surface area contributed by atoms with Gasteiger partial charge in [-0.05, 0) is 18.1 Å². The molecule has 0 aliphatic carbocycles. The number of nitrogens with zero attached hydrogens (tertiary/aromatic N) is 6. The number of aromatic nitrogens is 4. The van der Waals surface area contributed by atoms with Gasteiger partial charge in [0, 0.05) is 31.9 Å². The molecule has 2 saturated heterocycles. The van der Waals surface area contributed by atoms with Crippen molar-refractivity contribution in [2.75, 3.05) is 18.0 Å². The fourth-order valence-corrected chi connectivity index (χ4v) is 4.18. The van der Waals surface area contributed by atoms with Crippen molar-refractivity contribution in [3.8, 4) is 11.4 Å². The molecule has 2 aromatic heterocycles. The Labute approximate surface area is 184 Å². The van der Waals surface area contributed by atoms with Crippen molar-refractivity contribution in [1.29, 1.82) is 0 Å². The van der Waals surface area contributed by atoms with E-state index >= 15 is 0 Å². The number of anilines is 1. The van der Waals surface area contributed by atoms with E-state index in [9.17, 15) is 9.59 Å². The highest BCUT2D eigenvalue weighted by atomic mass is 16.8. The number of hydroxylamine groups is 2. The first kappa shape index (κ1) is 20.1. The molecule has 4 heterocycles. The van der Waals surface area contributed by atoms with Crippen LogP contribution in [0.2, 0.25) is 0 Å². The van der Waals surface area contributed by atoms with Crippen molar-refractivity contribution in [3.05, 3.63) is 70.9 Å². The zero-order valence-electron chi connectivity index (χ0n) is 17.5. The highest BCUT2D eigenvalue weighted by Crippen LogP contribution is 2.34. The SMILES string of the molecule is Cn1c(N2C[C@@H]3CC2CN3OC(=O)OCc2ccccc2)nc(-c2ccncn2)cc1=O. The van der Waals surface area contributed by atoms with E-state index in [2.05, 4.69) is 14.9 Å². The molecule has 2 aliphatic heterocycles. The molecule has 0 amide bonds. The Morgan fingerprint density at radius 3 is 2.69 bits per heavy atom. The number of hydrogen-bond acceptors (Lipinski definition) is 9. The smallest absolute Gasteiger partial charge is 0.428 e. The van der Waals surface area contributed by atoms with Crippen molar-refractivity contribution < 1.29 is 14.4 Å². The summed E-state index contributed by atoms with van der Waals surface area (Å²) in [5, 5.41) is 1.67. The standard InChI is InChI=1S/C22H22N6O4/c1-26-20(29)10-19(18-7-8-23-14-24-18)25-21(26)27-11-17-9-16(27)12-28(17)32-22(30)31-13-15-5-3-2-4-6-15/h2-8,10,14,16-17H,9,11-13H2,1H3/t16?,17-/m0/s1. The second-order valence-electron chi connectivity index (χ2n) is 7.84. The van der Waals surface area contributed by atoms with Crippen LogP contribution in [0, 0.1) is 0 Å². The van der Waals surface area contributed by atoms with E-state index in [0.29, 0.717) is 30.4 Å². The topological polar surface area (TPSA) is 103 Å². The van der Waals surface area contributed by atoms with Crippen LogP contribution in [0.4, 0.5) is 10.7 Å². The van der Waals surface area contributed by atoms with Gasteiger partial charge in [0.05, 0.1) is 24.0 Å². The Morgan fingerprint density at radius 1 is 1.12 bits per heavy atom. The average Bonchev–Trinajstić information content (AvgIpc) is 3.41. The quantitative estimate of drug-likeness (QED) is 0.556. The van der Waals surface area contributed by atoms with E-state index in [0.717, 1.165) is 12.0 Å². The minimum atomic E-state index is -0.718. The minimum Gasteiger partial charge on any atom is -0.428 e. The Morgan fingerprint density at radius 2 is 1.97 bits per heavy atom. The molecule has 10 heteroatoms. The molecule has 1 aromatic carbocycles. The second kappa shape index (κ2) is 8.39. The lowest BCUT2D eigenvalue weighted by Gasteiger charge is -2.33. The molecule has 2 bridgehead atoms. The molecule has 164 valence electrons. The molecule has 1 unspecified atom stereocenters. The van der Waals surface area contributed by atoms with Crippen molar-refractivity contribution in [2.45, 2.75) is 25.1 Å². The van der Waals surface area contributed by atoms with Gasteiger partial charge in [-0.25, -0.2) is 19.7 Å². The highest BCUT2D eigenvalue weighted by Gasteiger charge is 2.47. The van der Waals surface area contributed by atoms with Crippen LogP contribution in [0.15, 0.2) is 59.8 Å². The van der Waals surface area contributed by atoms with E-state index in [1.165, 1.54) is 17.0 Å². The first-order valence-electron chi connectivity index (χ1n) is 10.3. The molecule has 0 saturated carbocycles. The van der Waals surface area contributed by atoms with Crippen molar-refractivity contribution in [1.82, 2.24) is 24.6 Å². The van der Waals surface area contributed by atoms with Gasteiger partial charge in [0.15, 0.2) is 0 Å². The summed E-state index contributed by atoms with van der Waals surface area (Å²) in [6.45, 7) is 1.26. The lowest BCUT2D eigenvalue weighted by molar-refractivity contribution is -0.141. The molecule has 0 radical (unpaired) electrons. The van der Waals surface area contributed by atoms with E-state index in [1.54, 1.807) is 24.4 Å². The molecule has 5 rings (SSSR count). The Balaban J connectivity index is 1.25. The molecule has 3 aromatic rings. The van der Waals surface area contributed by atoms with Crippen LogP contribution in [0.3, 0.4) is 0 Å². The molecular formula is C22H22N6O4. The highest BCUT2D eigenvalue weighted by molar-refractivity contribution is 5.60. The summed E-state index contributed by atoms with van der Waals surface area (Å²) in [5.74, 6) is 0.574. The molecule has 32 heavy (non-hydrogen) atoms. The molecule has 0 N–H and O–H groups in total. The number of hydrogen-bond donors (Lipinski definition) is 0. The van der Waals surface area contributed by atoms with Crippen LogP contribution >= 0.6 is 0 Å². The van der Waals surface area contributed by atoms with Gasteiger partial charge < -0.3 is 14.5 Å². The summed E-state index contributed by atoms with van der Waals surface area (Å²) >= 11 is 0. The number of piperazine rings is 1. The van der Waals surface area contributed by atoms with Crippen LogP contribution in [0.25, 0.3) is 11.4 Å². The van der Waals surface area contributed by atoms with Crippen molar-refractivity contribution >= 4 is 12.1 Å². The van der Waals surface area contributed by atoms with E-state index in [4.69, 9.17) is 14.6 Å². The van der Waals surface area contributed by atoms with E-state index < -0.39 is 6.16 Å². The fraction of sp³-hybridized carbons (Fsp3) is 0.318. The zero-order chi connectivity index (χ0) is 22.1. The van der Waals surface area contributed by atoms with Crippen LogP contribution < -0.4 is 10.5 Å². The normalized spacial score (nSPS) is 19.8. The lowest BCUT2D eigenvalue weighted by Crippen LogP contribution is -2.48. The van der Waals surface area contributed by atoms with E-state index in [-0.39, 0.29) is 24.2 Å². The largest absolute Gasteiger partial charge is 0.528 e. The van der Waals surface area contributed by atoms with Gasteiger partial charge in [-0.15, -0.1) is 5.06 Å². The number of carbonyl (C=O) groups excluding carboxylic acids is 1. The Bertz CT molecular complexity index is 1170. The van der Waals surface area contributed by atoms with Gasteiger partial charge in [0.25, 0.3) is 5.56 Å². The zero-order valence-corrected chi connectivity index (χ0v) is 17.5. The third-order valence-corrected chi connectivity index (χ3v) is 5.79. The summed E-state index contributed by atoms with van der Waals surface area (Å²) in [4.78, 5) is 45.0. The molecule has 10 nitrogen and oxygen atoms in total. The van der Waals surface area contributed by atoms with Gasteiger partial charge in [-0.2, -0.15) is 0 Å². The number of benzene rings is 1. The Kier molecular flexibility index (Phi) is 5.28. The monoisotopic (exact) mass is 434 g/mol. The summed E-state index contributed by atoms with van der Waals surface area (Å²) in [5.41, 5.74) is 1.83. The summed E-state index contributed by atoms with van der Waals surface area (Å²) in [6, 6.07) is 12.7. The molecule has 2 atom stereocenters. The third-order valence-electron chi connectivity index (χ3n) is 5.79. The number of fused-ring (bicyclic) bond motifs is 2. The lowest BCUT2D eigenvalue weighted by atomic mass is 10.2. The van der Waals surface area contributed by atoms with Gasteiger partial charge in [-0.3, -0.25) is 9.36 Å². The van der Waals surface area contributed by atoms with Gasteiger partial charge in [-0.1, -0.05) is 30.3 Å². The first-order chi connectivity index (χ1) is 15.6. The third kappa shape index (κ3) is 3.92. The van der Waals surface area contributed by atoms with Crippen molar-refractivity contribution in [2.24, 2.45) is 7.05 Å². The molecular weight excluding hydrogens is 412 g/mol. The Hall–Kier alpha value is -3.79. The van der Waals surface area contributed by atoms with Gasteiger partial charge in [0.2, 0.25) is 5.95 Å². The maximum atomic E-state index is 12.6. The average molecular weight is 434 g/mol. The predicted molar refractivity (Wildman–Crippen MR) is 114 cm³/mol. The van der Waals surface area contributed by atoms with Crippen LogP contribution in [0.1, 0.15) is 12.0 Å². The summed E-state index contributed by atoms with van der Waals surface area (Å²) < 4.78 is 6.75. The number of carbonyl (C=O) groups is 1. The van der Waals surface area contributed by atoms with E-state index in [1.807, 2.05) is 30.3 Å². The molecule has 2 fully saturated rings. The predicted octanol–water partition coefficient (Wildman–Crippen LogP) is 1.77. The summed E-state index contributed by atoms with van der Waals surface area (Å²) in [7, 11) is 1.70. The number of ether oxygens (including phenoxy) is 1. The van der Waals surface area contributed by atoms with Gasteiger partial charge in [0.1, 0.15) is 12.9 Å². The second-order valence-corrected chi connectivity index (χ2v) is 7.84. The fourth-order valence-electron chi connectivity index (χ4n) is 4.18. The van der Waals surface area contributed by atoms with Crippen LogP contribution in [-0.4, -0.2) is 55.9 Å². The van der Waals surface area contributed by atoms with Crippen LogP contribution in [0.5, 0.6) is 0 Å². The first-order valence-corrected chi connectivity index (χ1v) is 10.3. The minimum absolute atomic E-state index is 0.00360. The maximum Gasteiger partial charge on any atom is 0.528 e. The molecule has 0 spiro atoms. The van der Waals surface area contributed by atoms with Crippen LogP contribution in [-0.2, 0) is 23.2 Å². The van der Waals surface area contributed by atoms with Crippen molar-refractivity contribution in [3.63, 3.8) is 0 Å². The maximum absolute atomic E-state index is 12.6. The molecule has 2 aliphatic rings.